The minimum absolute atomic E-state index is 0.335. The second-order valence-corrected chi connectivity index (χ2v) is 5.38. The Morgan fingerprint density at radius 3 is 3.06 bits per heavy atom. The van der Waals surface area contributed by atoms with Crippen LogP contribution in [0, 0.1) is 4.64 Å². The zero-order chi connectivity index (χ0) is 11.7. The van der Waals surface area contributed by atoms with E-state index >= 15 is 0 Å². The highest BCUT2D eigenvalue weighted by molar-refractivity contribution is 7.71. The van der Waals surface area contributed by atoms with Gasteiger partial charge in [0.25, 0.3) is 0 Å². The summed E-state index contributed by atoms with van der Waals surface area (Å²) in [5.74, 6) is 1.02. The van der Waals surface area contributed by atoms with Crippen LogP contribution in [-0.4, -0.2) is 22.7 Å². The van der Waals surface area contributed by atoms with Crippen LogP contribution in [0.25, 0.3) is 0 Å². The number of aromatic amines is 1. The molecule has 1 atom stereocenters. The first-order chi connectivity index (χ1) is 8.33. The lowest BCUT2D eigenvalue weighted by atomic mass is 10.1. The first kappa shape index (κ1) is 11.4. The van der Waals surface area contributed by atoms with Gasteiger partial charge < -0.3 is 9.72 Å². The Labute approximate surface area is 107 Å². The van der Waals surface area contributed by atoms with Crippen molar-refractivity contribution in [2.45, 2.75) is 51.0 Å². The Kier molecular flexibility index (Phi) is 3.25. The number of rotatable bonds is 2. The monoisotopic (exact) mass is 250 g/mol. The maximum Gasteiger partial charge on any atom is 0.133 e. The van der Waals surface area contributed by atoms with Gasteiger partial charge in [-0.15, -0.1) is 0 Å². The van der Waals surface area contributed by atoms with E-state index in [1.165, 1.54) is 30.5 Å². The van der Waals surface area contributed by atoms with Gasteiger partial charge in [-0.3, -0.25) is 0 Å². The van der Waals surface area contributed by atoms with E-state index in [1.807, 2.05) is 0 Å². The lowest BCUT2D eigenvalue weighted by Gasteiger charge is -2.22. The molecule has 4 heteroatoms. The molecule has 0 spiro atoms. The predicted octanol–water partition coefficient (Wildman–Crippen LogP) is 2.74. The summed E-state index contributed by atoms with van der Waals surface area (Å²) >= 11 is 5.36. The van der Waals surface area contributed by atoms with Crippen molar-refractivity contribution in [1.82, 2.24) is 9.97 Å². The molecule has 1 aliphatic carbocycles. The van der Waals surface area contributed by atoms with E-state index in [0.29, 0.717) is 6.10 Å². The van der Waals surface area contributed by atoms with E-state index in [9.17, 15) is 0 Å². The molecule has 2 aliphatic rings. The maximum atomic E-state index is 5.75. The third kappa shape index (κ3) is 2.43. The highest BCUT2D eigenvalue weighted by atomic mass is 32.1. The van der Waals surface area contributed by atoms with Gasteiger partial charge >= 0.3 is 0 Å². The lowest BCUT2D eigenvalue weighted by molar-refractivity contribution is 0.0156. The van der Waals surface area contributed by atoms with Crippen LogP contribution in [0.3, 0.4) is 0 Å². The van der Waals surface area contributed by atoms with E-state index in [2.05, 4.69) is 9.97 Å². The van der Waals surface area contributed by atoms with E-state index < -0.39 is 0 Å². The summed E-state index contributed by atoms with van der Waals surface area (Å²) in [5.41, 5.74) is 2.59. The molecule has 2 heterocycles. The second-order valence-electron chi connectivity index (χ2n) is 4.99. The second kappa shape index (κ2) is 4.86. The molecule has 3 nitrogen and oxygen atoms in total. The van der Waals surface area contributed by atoms with Crippen molar-refractivity contribution in [2.24, 2.45) is 0 Å². The van der Waals surface area contributed by atoms with E-state index in [4.69, 9.17) is 17.0 Å². The Hall–Kier alpha value is -0.740. The van der Waals surface area contributed by atoms with Gasteiger partial charge in [0.05, 0.1) is 6.10 Å². The summed E-state index contributed by atoms with van der Waals surface area (Å²) < 4.78 is 6.55. The van der Waals surface area contributed by atoms with E-state index in [1.54, 1.807) is 0 Å². The standard InChI is InChI=1S/C13H18N2OS/c17-13-10-5-3-6-11(10)14-12(15-13)8-9-4-1-2-7-16-9/h9H,1-8H2,(H,14,15,17). The fraction of sp³-hybridized carbons (Fsp3) is 0.692. The third-order valence-corrected chi connectivity index (χ3v) is 4.04. The number of fused-ring (bicyclic) bond motifs is 1. The molecule has 1 saturated heterocycles. The minimum Gasteiger partial charge on any atom is -0.378 e. The number of aromatic nitrogens is 2. The molecule has 0 aromatic carbocycles. The number of ether oxygens (including phenoxy) is 1. The molecule has 1 unspecified atom stereocenters. The van der Waals surface area contributed by atoms with Crippen molar-refractivity contribution in [3.63, 3.8) is 0 Å². The maximum absolute atomic E-state index is 5.75. The number of nitrogens with zero attached hydrogens (tertiary/aromatic N) is 1. The van der Waals surface area contributed by atoms with Crippen LogP contribution in [-0.2, 0) is 24.0 Å². The average Bonchev–Trinajstić information content (AvgIpc) is 2.79. The van der Waals surface area contributed by atoms with Crippen LogP contribution < -0.4 is 0 Å². The van der Waals surface area contributed by atoms with Gasteiger partial charge in [0, 0.05) is 24.3 Å². The topological polar surface area (TPSA) is 37.9 Å². The molecule has 1 aromatic heterocycles. The highest BCUT2D eigenvalue weighted by Crippen LogP contribution is 2.22. The molecule has 1 aromatic rings. The van der Waals surface area contributed by atoms with Crippen molar-refractivity contribution in [3.8, 4) is 0 Å². The largest absolute Gasteiger partial charge is 0.378 e. The van der Waals surface area contributed by atoms with Crippen LogP contribution in [0.5, 0.6) is 0 Å². The number of H-pyrrole nitrogens is 1. The zero-order valence-electron chi connectivity index (χ0n) is 10.00. The molecule has 0 amide bonds. The summed E-state index contributed by atoms with van der Waals surface area (Å²) in [6.07, 6.45) is 8.27. The smallest absolute Gasteiger partial charge is 0.133 e. The summed E-state index contributed by atoms with van der Waals surface area (Å²) in [7, 11) is 0. The molecule has 0 bridgehead atoms. The summed E-state index contributed by atoms with van der Waals surface area (Å²) in [6.45, 7) is 0.899. The van der Waals surface area contributed by atoms with Crippen LogP contribution in [0.15, 0.2) is 0 Å². The Balaban J connectivity index is 1.79. The van der Waals surface area contributed by atoms with Crippen LogP contribution in [0.2, 0.25) is 0 Å². The van der Waals surface area contributed by atoms with Crippen molar-refractivity contribution in [1.29, 1.82) is 0 Å². The molecule has 1 N–H and O–H groups in total. The van der Waals surface area contributed by atoms with Gasteiger partial charge in [0.2, 0.25) is 0 Å². The Morgan fingerprint density at radius 1 is 1.29 bits per heavy atom. The number of hydrogen-bond donors (Lipinski definition) is 1. The summed E-state index contributed by atoms with van der Waals surface area (Å²) in [4.78, 5) is 7.97. The van der Waals surface area contributed by atoms with Crippen LogP contribution >= 0.6 is 12.2 Å². The third-order valence-electron chi connectivity index (χ3n) is 3.70. The zero-order valence-corrected chi connectivity index (χ0v) is 10.8. The van der Waals surface area contributed by atoms with Crippen molar-refractivity contribution < 1.29 is 4.74 Å². The predicted molar refractivity (Wildman–Crippen MR) is 68.7 cm³/mol. The Bertz CT molecular complexity index is 463. The average molecular weight is 250 g/mol. The molecule has 3 rings (SSSR count). The highest BCUT2D eigenvalue weighted by Gasteiger charge is 2.18. The van der Waals surface area contributed by atoms with Gasteiger partial charge in [-0.2, -0.15) is 0 Å². The first-order valence-corrected chi connectivity index (χ1v) is 6.96. The quantitative estimate of drug-likeness (QED) is 0.820. The lowest BCUT2D eigenvalue weighted by Crippen LogP contribution is -2.22. The van der Waals surface area contributed by atoms with Crippen molar-refractivity contribution >= 4 is 12.2 Å². The summed E-state index contributed by atoms with van der Waals surface area (Å²) in [6, 6.07) is 0. The van der Waals surface area contributed by atoms with Gasteiger partial charge in [-0.05, 0) is 38.5 Å². The first-order valence-electron chi connectivity index (χ1n) is 6.55. The van der Waals surface area contributed by atoms with Crippen molar-refractivity contribution in [2.75, 3.05) is 6.61 Å². The normalized spacial score (nSPS) is 23.6. The van der Waals surface area contributed by atoms with Crippen LogP contribution in [0.4, 0.5) is 0 Å². The van der Waals surface area contributed by atoms with E-state index in [-0.39, 0.29) is 0 Å². The summed E-state index contributed by atoms with van der Waals surface area (Å²) in [5, 5.41) is 0. The SMILES string of the molecule is S=c1nc(CC2CCCCO2)[nH]c2c1CCC2. The molecular weight excluding hydrogens is 232 g/mol. The number of hydrogen-bond acceptors (Lipinski definition) is 3. The Morgan fingerprint density at radius 2 is 2.24 bits per heavy atom. The fourth-order valence-corrected chi connectivity index (χ4v) is 3.13. The molecule has 1 fully saturated rings. The minimum atomic E-state index is 0.335. The van der Waals surface area contributed by atoms with Crippen LogP contribution in [0.1, 0.15) is 42.8 Å². The van der Waals surface area contributed by atoms with E-state index in [0.717, 1.165) is 42.8 Å². The van der Waals surface area contributed by atoms with Gasteiger partial charge in [-0.25, -0.2) is 4.98 Å². The number of nitrogens with one attached hydrogen (secondary N) is 1. The molecule has 1 aliphatic heterocycles. The molecular formula is C13H18N2OS. The molecule has 17 heavy (non-hydrogen) atoms. The van der Waals surface area contributed by atoms with Gasteiger partial charge in [-0.1, -0.05) is 12.2 Å². The number of aryl methyl sites for hydroxylation is 1. The molecule has 0 saturated carbocycles. The van der Waals surface area contributed by atoms with Gasteiger partial charge in [0.15, 0.2) is 0 Å². The molecule has 92 valence electrons. The molecule has 0 radical (unpaired) electrons. The van der Waals surface area contributed by atoms with Crippen molar-refractivity contribution in [3.05, 3.63) is 21.7 Å². The fourth-order valence-electron chi connectivity index (χ4n) is 2.79. The van der Waals surface area contributed by atoms with Gasteiger partial charge in [0.1, 0.15) is 10.5 Å².